The second kappa shape index (κ2) is 11.6. The third kappa shape index (κ3) is 5.85. The summed E-state index contributed by atoms with van der Waals surface area (Å²) in [5, 5.41) is 6.53. The fourth-order valence-corrected chi connectivity index (χ4v) is 2.86. The molecule has 2 N–H and O–H groups in total. The Morgan fingerprint density at radius 2 is 1.50 bits per heavy atom. The van der Waals surface area contributed by atoms with Gasteiger partial charge in [0.05, 0.1) is 41.6 Å². The summed E-state index contributed by atoms with van der Waals surface area (Å²) in [4.78, 5) is 4.67. The first-order chi connectivity index (χ1) is 14.6. The van der Waals surface area contributed by atoms with Gasteiger partial charge < -0.3 is 34.3 Å². The van der Waals surface area contributed by atoms with Crippen molar-refractivity contribution in [3.05, 3.63) is 35.9 Å². The van der Waals surface area contributed by atoms with Gasteiger partial charge in [-0.15, -0.1) is 0 Å². The van der Waals surface area contributed by atoms with E-state index >= 15 is 0 Å². The number of hydrogen-bond donors (Lipinski definition) is 2. The molecule has 2 aromatic carbocycles. The minimum atomic E-state index is 0.417. The van der Waals surface area contributed by atoms with Gasteiger partial charge in [-0.3, -0.25) is 0 Å². The number of rotatable bonds is 10. The van der Waals surface area contributed by atoms with Crippen molar-refractivity contribution in [3.63, 3.8) is 0 Å². The van der Waals surface area contributed by atoms with E-state index in [0.717, 1.165) is 17.8 Å². The van der Waals surface area contributed by atoms with Gasteiger partial charge in [0.1, 0.15) is 0 Å². The molecule has 0 unspecified atom stereocenters. The highest BCUT2D eigenvalue weighted by molar-refractivity contribution is 5.93. The van der Waals surface area contributed by atoms with E-state index < -0.39 is 0 Å². The molecule has 0 aliphatic rings. The average molecular weight is 418 g/mol. The molecule has 0 fully saturated rings. The zero-order chi connectivity index (χ0) is 21.9. The molecule has 164 valence electrons. The van der Waals surface area contributed by atoms with E-state index in [1.165, 1.54) is 0 Å². The molecule has 0 radical (unpaired) electrons. The number of nitrogens with one attached hydrogen (secondary N) is 2. The SMILES string of the molecule is CCNC(=NCc1cc(OC)c(OC)c(OC)c1)Nc1ccc(OCC)c(OC)c1. The van der Waals surface area contributed by atoms with Crippen molar-refractivity contribution in [2.24, 2.45) is 4.99 Å². The van der Waals surface area contributed by atoms with Crippen LogP contribution in [0, 0.1) is 0 Å². The summed E-state index contributed by atoms with van der Waals surface area (Å²) in [6.45, 7) is 5.65. The molecule has 0 aromatic heterocycles. The molecule has 0 aliphatic heterocycles. The van der Waals surface area contributed by atoms with Crippen LogP contribution in [-0.2, 0) is 6.54 Å². The Bertz CT molecular complexity index is 830. The molecule has 2 aromatic rings. The number of aliphatic imine (C=N–C) groups is 1. The van der Waals surface area contributed by atoms with Gasteiger partial charge in [-0.1, -0.05) is 0 Å². The van der Waals surface area contributed by atoms with Crippen molar-refractivity contribution in [1.29, 1.82) is 0 Å². The predicted octanol–water partition coefficient (Wildman–Crippen LogP) is 3.70. The van der Waals surface area contributed by atoms with Crippen LogP contribution in [0.5, 0.6) is 28.7 Å². The van der Waals surface area contributed by atoms with Crippen molar-refractivity contribution < 1.29 is 23.7 Å². The minimum absolute atomic E-state index is 0.417. The summed E-state index contributed by atoms with van der Waals surface area (Å²) in [6, 6.07) is 9.42. The van der Waals surface area contributed by atoms with E-state index in [4.69, 9.17) is 23.7 Å². The van der Waals surface area contributed by atoms with Crippen LogP contribution >= 0.6 is 0 Å². The summed E-state index contributed by atoms with van der Waals surface area (Å²) in [5.41, 5.74) is 1.76. The summed E-state index contributed by atoms with van der Waals surface area (Å²) in [5.74, 6) is 3.73. The lowest BCUT2D eigenvalue weighted by atomic mass is 10.2. The molecule has 0 amide bonds. The summed E-state index contributed by atoms with van der Waals surface area (Å²) < 4.78 is 27.2. The molecule has 8 heteroatoms. The topological polar surface area (TPSA) is 82.6 Å². The zero-order valence-corrected chi connectivity index (χ0v) is 18.5. The van der Waals surface area contributed by atoms with Crippen molar-refractivity contribution in [3.8, 4) is 28.7 Å². The molecule has 8 nitrogen and oxygen atoms in total. The van der Waals surface area contributed by atoms with Crippen LogP contribution in [0.4, 0.5) is 5.69 Å². The van der Waals surface area contributed by atoms with E-state index in [9.17, 15) is 0 Å². The normalized spacial score (nSPS) is 10.9. The maximum absolute atomic E-state index is 5.57. The van der Waals surface area contributed by atoms with E-state index in [2.05, 4.69) is 15.6 Å². The monoisotopic (exact) mass is 417 g/mol. The molecular weight excluding hydrogens is 386 g/mol. The Labute approximate surface area is 178 Å². The Hall–Kier alpha value is -3.29. The Morgan fingerprint density at radius 1 is 0.833 bits per heavy atom. The fourth-order valence-electron chi connectivity index (χ4n) is 2.86. The number of guanidine groups is 1. The van der Waals surface area contributed by atoms with Gasteiger partial charge in [0, 0.05) is 18.3 Å². The third-order valence-corrected chi connectivity index (χ3v) is 4.21. The van der Waals surface area contributed by atoms with Crippen molar-refractivity contribution in [2.45, 2.75) is 20.4 Å². The molecule has 0 heterocycles. The van der Waals surface area contributed by atoms with Crippen LogP contribution in [0.1, 0.15) is 19.4 Å². The van der Waals surface area contributed by atoms with Crippen LogP contribution in [0.2, 0.25) is 0 Å². The second-order valence-electron chi connectivity index (χ2n) is 6.15. The molecule has 0 bridgehead atoms. The average Bonchev–Trinajstić information content (AvgIpc) is 2.77. The maximum Gasteiger partial charge on any atom is 0.203 e. The quantitative estimate of drug-likeness (QED) is 0.451. The minimum Gasteiger partial charge on any atom is -0.493 e. The number of benzene rings is 2. The van der Waals surface area contributed by atoms with Gasteiger partial charge in [0.25, 0.3) is 0 Å². The second-order valence-corrected chi connectivity index (χ2v) is 6.15. The van der Waals surface area contributed by atoms with Gasteiger partial charge in [0.15, 0.2) is 29.0 Å². The lowest BCUT2D eigenvalue weighted by Gasteiger charge is -2.15. The Kier molecular flexibility index (Phi) is 8.93. The summed E-state index contributed by atoms with van der Waals surface area (Å²) in [6.07, 6.45) is 0. The van der Waals surface area contributed by atoms with Crippen LogP contribution in [-0.4, -0.2) is 47.6 Å². The fraction of sp³-hybridized carbons (Fsp3) is 0.409. The number of hydrogen-bond acceptors (Lipinski definition) is 6. The molecule has 0 spiro atoms. The lowest BCUT2D eigenvalue weighted by Crippen LogP contribution is -2.30. The van der Waals surface area contributed by atoms with E-state index in [1.54, 1.807) is 28.4 Å². The summed E-state index contributed by atoms with van der Waals surface area (Å²) in [7, 11) is 6.38. The van der Waals surface area contributed by atoms with E-state index in [1.807, 2.05) is 44.2 Å². The molecule has 0 aliphatic carbocycles. The molecule has 2 rings (SSSR count). The number of ether oxygens (including phenoxy) is 5. The van der Waals surface area contributed by atoms with Gasteiger partial charge in [-0.05, 0) is 43.7 Å². The Balaban J connectivity index is 2.24. The Morgan fingerprint density at radius 3 is 2.03 bits per heavy atom. The first kappa shape index (κ1) is 23.0. The number of anilines is 1. The molecular formula is C22H31N3O5. The lowest BCUT2D eigenvalue weighted by molar-refractivity contribution is 0.311. The molecule has 30 heavy (non-hydrogen) atoms. The van der Waals surface area contributed by atoms with Crippen LogP contribution in [0.3, 0.4) is 0 Å². The highest BCUT2D eigenvalue weighted by Gasteiger charge is 2.13. The first-order valence-corrected chi connectivity index (χ1v) is 9.75. The van der Waals surface area contributed by atoms with E-state index in [-0.39, 0.29) is 0 Å². The number of methoxy groups -OCH3 is 4. The third-order valence-electron chi connectivity index (χ3n) is 4.21. The highest BCUT2D eigenvalue weighted by atomic mass is 16.5. The smallest absolute Gasteiger partial charge is 0.203 e. The van der Waals surface area contributed by atoms with Crippen molar-refractivity contribution in [1.82, 2.24) is 5.32 Å². The predicted molar refractivity (Wildman–Crippen MR) is 119 cm³/mol. The molecule has 0 atom stereocenters. The first-order valence-electron chi connectivity index (χ1n) is 9.75. The van der Waals surface area contributed by atoms with Gasteiger partial charge in [0.2, 0.25) is 5.75 Å². The van der Waals surface area contributed by atoms with Crippen LogP contribution in [0.25, 0.3) is 0 Å². The zero-order valence-electron chi connectivity index (χ0n) is 18.5. The van der Waals surface area contributed by atoms with Crippen LogP contribution in [0.15, 0.2) is 35.3 Å². The van der Waals surface area contributed by atoms with E-state index in [0.29, 0.717) is 47.9 Å². The van der Waals surface area contributed by atoms with Gasteiger partial charge in [-0.2, -0.15) is 0 Å². The standard InChI is InChI=1S/C22H31N3O5/c1-7-23-22(25-16-9-10-17(30-8-2)18(13-16)26-3)24-14-15-11-19(27-4)21(29-6)20(12-15)28-5/h9-13H,7-8,14H2,1-6H3,(H2,23,24,25). The van der Waals surface area contributed by atoms with Crippen molar-refractivity contribution in [2.75, 3.05) is 46.9 Å². The van der Waals surface area contributed by atoms with Gasteiger partial charge in [-0.25, -0.2) is 4.99 Å². The molecule has 0 saturated carbocycles. The van der Waals surface area contributed by atoms with Gasteiger partial charge >= 0.3 is 0 Å². The van der Waals surface area contributed by atoms with Crippen LogP contribution < -0.4 is 34.3 Å². The summed E-state index contributed by atoms with van der Waals surface area (Å²) >= 11 is 0. The number of nitrogens with zero attached hydrogens (tertiary/aromatic N) is 1. The molecule has 0 saturated heterocycles. The highest BCUT2D eigenvalue weighted by Crippen LogP contribution is 2.38. The van der Waals surface area contributed by atoms with Crippen molar-refractivity contribution >= 4 is 11.6 Å². The maximum atomic E-state index is 5.57. The largest absolute Gasteiger partial charge is 0.493 e.